The number of hydrogen-bond donors (Lipinski definition) is 2. The summed E-state index contributed by atoms with van der Waals surface area (Å²) in [6.45, 7) is 4.67. The van der Waals surface area contributed by atoms with Crippen LogP contribution in [0, 0.1) is 17.3 Å². The Balaban J connectivity index is 1.83. The molecule has 0 aromatic heterocycles. The van der Waals surface area contributed by atoms with Crippen LogP contribution in [0.1, 0.15) is 46.0 Å². The fourth-order valence-electron chi connectivity index (χ4n) is 4.23. The van der Waals surface area contributed by atoms with E-state index in [0.29, 0.717) is 29.5 Å². The molecule has 2 nitrogen and oxygen atoms in total. The van der Waals surface area contributed by atoms with Crippen molar-refractivity contribution in [3.8, 4) is 0 Å². The van der Waals surface area contributed by atoms with Crippen LogP contribution in [0.25, 0.3) is 0 Å². The lowest BCUT2D eigenvalue weighted by Crippen LogP contribution is -2.63. The number of nitrogens with two attached hydrogens (primary N) is 1. The van der Waals surface area contributed by atoms with Crippen LogP contribution in [-0.2, 0) is 0 Å². The smallest absolute Gasteiger partial charge is 0.0160 e. The fourth-order valence-corrected chi connectivity index (χ4v) is 4.23. The Bertz CT molecular complexity index is 321. The van der Waals surface area contributed by atoms with Crippen LogP contribution in [0.2, 0.25) is 0 Å². The first-order valence-corrected chi connectivity index (χ1v) is 7.28. The maximum atomic E-state index is 6.54. The molecule has 0 radical (unpaired) electrons. The summed E-state index contributed by atoms with van der Waals surface area (Å²) in [4.78, 5) is 0. The van der Waals surface area contributed by atoms with Gasteiger partial charge in [-0.25, -0.2) is 0 Å². The second-order valence-corrected chi connectivity index (χ2v) is 7.03. The molecule has 0 bridgehead atoms. The van der Waals surface area contributed by atoms with Gasteiger partial charge >= 0.3 is 0 Å². The molecule has 0 aromatic carbocycles. The van der Waals surface area contributed by atoms with Gasteiger partial charge in [0.15, 0.2) is 0 Å². The highest BCUT2D eigenvalue weighted by atomic mass is 15.0. The summed E-state index contributed by atoms with van der Waals surface area (Å²) in [5.74, 6) is 1.29. The van der Waals surface area contributed by atoms with E-state index in [-0.39, 0.29) is 0 Å². The molecule has 2 fully saturated rings. The molecule has 0 aromatic rings. The van der Waals surface area contributed by atoms with Gasteiger partial charge in [0.25, 0.3) is 0 Å². The molecule has 2 heteroatoms. The molecule has 1 saturated heterocycles. The van der Waals surface area contributed by atoms with Gasteiger partial charge in [-0.3, -0.25) is 0 Å². The quantitative estimate of drug-likeness (QED) is 0.632. The van der Waals surface area contributed by atoms with Crippen LogP contribution in [-0.4, -0.2) is 18.1 Å². The molecule has 1 aliphatic heterocycles. The summed E-state index contributed by atoms with van der Waals surface area (Å²) in [5.41, 5.74) is 6.88. The number of rotatable bonds is 0. The Kier molecular flexibility index (Phi) is 2.83. The molecule has 96 valence electrons. The van der Waals surface area contributed by atoms with E-state index in [1.54, 1.807) is 0 Å². The Labute approximate surface area is 105 Å². The maximum absolute atomic E-state index is 6.54. The van der Waals surface area contributed by atoms with Crippen molar-refractivity contribution in [3.05, 3.63) is 12.2 Å². The van der Waals surface area contributed by atoms with Crippen molar-refractivity contribution in [3.63, 3.8) is 0 Å². The summed E-state index contributed by atoms with van der Waals surface area (Å²) in [7, 11) is 0. The first kappa shape index (κ1) is 11.7. The number of allylic oxidation sites excluding steroid dienone is 1. The van der Waals surface area contributed by atoms with E-state index in [1.807, 2.05) is 0 Å². The van der Waals surface area contributed by atoms with Gasteiger partial charge in [-0.15, -0.1) is 0 Å². The van der Waals surface area contributed by atoms with Crippen molar-refractivity contribution in [2.24, 2.45) is 23.0 Å². The topological polar surface area (TPSA) is 38.0 Å². The van der Waals surface area contributed by atoms with Crippen molar-refractivity contribution >= 4 is 0 Å². The van der Waals surface area contributed by atoms with E-state index < -0.39 is 0 Å². The third kappa shape index (κ3) is 2.06. The van der Waals surface area contributed by atoms with Crippen LogP contribution in [0.15, 0.2) is 12.2 Å². The zero-order chi connectivity index (χ0) is 12.0. The highest BCUT2D eigenvalue weighted by Crippen LogP contribution is 2.41. The van der Waals surface area contributed by atoms with E-state index in [0.717, 1.165) is 5.92 Å². The normalized spacial score (nSPS) is 48.3. The number of fused-ring (bicyclic) bond motifs is 2. The second-order valence-electron chi connectivity index (χ2n) is 7.03. The van der Waals surface area contributed by atoms with Crippen molar-refractivity contribution in [1.82, 2.24) is 5.32 Å². The SMILES string of the molecule is CC1(C)C=CC2C(C1)NC1CCCCC1C2N. The zero-order valence-electron chi connectivity index (χ0n) is 11.2. The minimum absolute atomic E-state index is 0.343. The predicted octanol–water partition coefficient (Wildman–Crippen LogP) is 2.45. The van der Waals surface area contributed by atoms with Crippen LogP contribution in [0.3, 0.4) is 0 Å². The maximum Gasteiger partial charge on any atom is 0.0160 e. The Morgan fingerprint density at radius 3 is 2.76 bits per heavy atom. The molecule has 0 spiro atoms. The van der Waals surface area contributed by atoms with Gasteiger partial charge in [-0.05, 0) is 30.6 Å². The first-order chi connectivity index (χ1) is 8.07. The zero-order valence-corrected chi connectivity index (χ0v) is 11.2. The molecule has 5 unspecified atom stereocenters. The van der Waals surface area contributed by atoms with E-state index in [2.05, 4.69) is 31.3 Å². The molecule has 1 heterocycles. The third-order valence-electron chi connectivity index (χ3n) is 5.17. The lowest BCUT2D eigenvalue weighted by atomic mass is 9.65. The molecule has 3 N–H and O–H groups in total. The van der Waals surface area contributed by atoms with Gasteiger partial charge in [-0.1, -0.05) is 38.8 Å². The monoisotopic (exact) mass is 234 g/mol. The molecule has 2 aliphatic carbocycles. The first-order valence-electron chi connectivity index (χ1n) is 7.28. The summed E-state index contributed by atoms with van der Waals surface area (Å²) in [6.07, 6.45) is 11.5. The van der Waals surface area contributed by atoms with Gasteiger partial charge in [-0.2, -0.15) is 0 Å². The van der Waals surface area contributed by atoms with Crippen molar-refractivity contribution in [1.29, 1.82) is 0 Å². The van der Waals surface area contributed by atoms with Gasteiger partial charge in [0.1, 0.15) is 0 Å². The molecule has 5 atom stereocenters. The Morgan fingerprint density at radius 1 is 1.18 bits per heavy atom. The lowest BCUT2D eigenvalue weighted by Gasteiger charge is -2.51. The second kappa shape index (κ2) is 4.10. The Morgan fingerprint density at radius 2 is 1.94 bits per heavy atom. The minimum atomic E-state index is 0.343. The largest absolute Gasteiger partial charge is 0.327 e. The van der Waals surface area contributed by atoms with Gasteiger partial charge in [0, 0.05) is 24.0 Å². The molecule has 3 rings (SSSR count). The van der Waals surface area contributed by atoms with Gasteiger partial charge in [0.2, 0.25) is 0 Å². The van der Waals surface area contributed by atoms with Crippen LogP contribution in [0.5, 0.6) is 0 Å². The average molecular weight is 234 g/mol. The number of hydrogen-bond acceptors (Lipinski definition) is 2. The van der Waals surface area contributed by atoms with E-state index in [9.17, 15) is 0 Å². The predicted molar refractivity (Wildman–Crippen MR) is 71.7 cm³/mol. The molecular weight excluding hydrogens is 208 g/mol. The van der Waals surface area contributed by atoms with Crippen molar-refractivity contribution in [2.45, 2.75) is 64.1 Å². The number of nitrogens with one attached hydrogen (secondary N) is 1. The summed E-state index contributed by atoms with van der Waals surface area (Å²) in [6, 6.07) is 1.70. The summed E-state index contributed by atoms with van der Waals surface area (Å²) < 4.78 is 0. The van der Waals surface area contributed by atoms with Crippen molar-refractivity contribution in [2.75, 3.05) is 0 Å². The summed E-state index contributed by atoms with van der Waals surface area (Å²) in [5, 5.41) is 3.91. The van der Waals surface area contributed by atoms with Gasteiger partial charge in [0.05, 0.1) is 0 Å². The highest BCUT2D eigenvalue weighted by molar-refractivity contribution is 5.15. The van der Waals surface area contributed by atoms with Crippen molar-refractivity contribution < 1.29 is 0 Å². The Hall–Kier alpha value is -0.340. The molecule has 1 saturated carbocycles. The molecule has 17 heavy (non-hydrogen) atoms. The molecule has 0 amide bonds. The van der Waals surface area contributed by atoms with Crippen LogP contribution < -0.4 is 11.1 Å². The summed E-state index contributed by atoms with van der Waals surface area (Å²) >= 11 is 0. The standard InChI is InChI=1S/C15H26N2/c1-15(2)8-7-11-13(9-15)17-12-6-4-3-5-10(12)14(11)16/h7-8,10-14,17H,3-6,9,16H2,1-2H3. The fraction of sp³-hybridized carbons (Fsp3) is 0.867. The van der Waals surface area contributed by atoms with Gasteiger partial charge < -0.3 is 11.1 Å². The van der Waals surface area contributed by atoms with Crippen LogP contribution >= 0.6 is 0 Å². The third-order valence-corrected chi connectivity index (χ3v) is 5.17. The van der Waals surface area contributed by atoms with E-state index in [4.69, 9.17) is 5.73 Å². The van der Waals surface area contributed by atoms with E-state index in [1.165, 1.54) is 32.1 Å². The minimum Gasteiger partial charge on any atom is -0.327 e. The number of piperidine rings is 1. The average Bonchev–Trinajstić information content (AvgIpc) is 2.27. The molecular formula is C15H26N2. The van der Waals surface area contributed by atoms with Crippen LogP contribution in [0.4, 0.5) is 0 Å². The lowest BCUT2D eigenvalue weighted by molar-refractivity contribution is 0.0931. The highest BCUT2D eigenvalue weighted by Gasteiger charge is 2.44. The van der Waals surface area contributed by atoms with E-state index >= 15 is 0 Å². The molecule has 3 aliphatic rings.